The Labute approximate surface area is 155 Å². The zero-order chi connectivity index (χ0) is 19.5. The molecule has 0 heterocycles. The summed E-state index contributed by atoms with van der Waals surface area (Å²) in [6, 6.07) is 13.1. The van der Waals surface area contributed by atoms with Crippen LogP contribution in [0.25, 0.3) is 0 Å². The maximum Gasteiger partial charge on any atom is 0.264 e. The van der Waals surface area contributed by atoms with Crippen molar-refractivity contribution in [3.8, 4) is 0 Å². The van der Waals surface area contributed by atoms with Gasteiger partial charge in [0.15, 0.2) is 0 Å². The molecule has 140 valence electrons. The van der Waals surface area contributed by atoms with E-state index in [1.807, 2.05) is 20.8 Å². The lowest BCUT2D eigenvalue weighted by atomic mass is 10.1. The first kappa shape index (κ1) is 19.9. The van der Waals surface area contributed by atoms with Crippen LogP contribution in [0.1, 0.15) is 29.8 Å². The Morgan fingerprint density at radius 1 is 1.08 bits per heavy atom. The SMILES string of the molecule is Cc1ccc(S(=O)(=O)N(C)c2ccc(C(=O)NC(C)(C)CN)cc2)cc1. The molecule has 0 fully saturated rings. The number of sulfonamides is 1. The van der Waals surface area contributed by atoms with Gasteiger partial charge in [-0.2, -0.15) is 0 Å². The maximum absolute atomic E-state index is 12.7. The third-order valence-electron chi connectivity index (χ3n) is 4.13. The normalized spacial score (nSPS) is 11.9. The summed E-state index contributed by atoms with van der Waals surface area (Å²) in [5, 5.41) is 2.84. The molecule has 0 radical (unpaired) electrons. The predicted molar refractivity (Wildman–Crippen MR) is 104 cm³/mol. The van der Waals surface area contributed by atoms with Crippen molar-refractivity contribution in [1.29, 1.82) is 0 Å². The Hall–Kier alpha value is -2.38. The summed E-state index contributed by atoms with van der Waals surface area (Å²) >= 11 is 0. The minimum absolute atomic E-state index is 0.220. The molecule has 0 unspecified atom stereocenters. The van der Waals surface area contributed by atoms with Crippen molar-refractivity contribution in [1.82, 2.24) is 5.32 Å². The molecule has 0 saturated carbocycles. The van der Waals surface area contributed by atoms with Gasteiger partial charge in [0, 0.05) is 24.7 Å². The van der Waals surface area contributed by atoms with Crippen molar-refractivity contribution in [2.24, 2.45) is 5.73 Å². The first-order chi connectivity index (χ1) is 12.1. The summed E-state index contributed by atoms with van der Waals surface area (Å²) in [6.07, 6.45) is 0. The van der Waals surface area contributed by atoms with Gasteiger partial charge in [-0.3, -0.25) is 9.10 Å². The van der Waals surface area contributed by atoms with Gasteiger partial charge in [-0.15, -0.1) is 0 Å². The van der Waals surface area contributed by atoms with Crippen molar-refractivity contribution in [3.63, 3.8) is 0 Å². The quantitative estimate of drug-likeness (QED) is 0.810. The standard InChI is InChI=1S/C19H25N3O3S/c1-14-5-11-17(12-6-14)26(24,25)22(4)16-9-7-15(8-10-16)18(23)21-19(2,3)13-20/h5-12H,13,20H2,1-4H3,(H,21,23). The molecule has 0 atom stereocenters. The molecule has 2 aromatic rings. The van der Waals surface area contributed by atoms with Crippen molar-refractivity contribution < 1.29 is 13.2 Å². The van der Waals surface area contributed by atoms with Gasteiger partial charge in [0.2, 0.25) is 0 Å². The Bertz CT molecular complexity index is 873. The van der Waals surface area contributed by atoms with E-state index in [-0.39, 0.29) is 10.8 Å². The van der Waals surface area contributed by atoms with Gasteiger partial charge >= 0.3 is 0 Å². The molecular formula is C19H25N3O3S. The van der Waals surface area contributed by atoms with Gasteiger partial charge in [-0.25, -0.2) is 8.42 Å². The van der Waals surface area contributed by atoms with Crippen LogP contribution < -0.4 is 15.4 Å². The van der Waals surface area contributed by atoms with Gasteiger partial charge < -0.3 is 11.1 Å². The molecule has 26 heavy (non-hydrogen) atoms. The molecule has 2 rings (SSSR count). The predicted octanol–water partition coefficient (Wildman–Crippen LogP) is 2.29. The van der Waals surface area contributed by atoms with E-state index < -0.39 is 15.6 Å². The molecule has 2 aromatic carbocycles. The highest BCUT2D eigenvalue weighted by Gasteiger charge is 2.22. The van der Waals surface area contributed by atoms with Crippen LogP contribution >= 0.6 is 0 Å². The lowest BCUT2D eigenvalue weighted by molar-refractivity contribution is 0.0915. The molecule has 3 N–H and O–H groups in total. The van der Waals surface area contributed by atoms with Crippen molar-refractivity contribution in [3.05, 3.63) is 59.7 Å². The number of carbonyl (C=O) groups is 1. The molecule has 0 aliphatic heterocycles. The van der Waals surface area contributed by atoms with Crippen LogP contribution in [-0.4, -0.2) is 33.5 Å². The second-order valence-electron chi connectivity index (χ2n) is 6.87. The number of amides is 1. The number of benzene rings is 2. The van der Waals surface area contributed by atoms with Crippen LogP contribution in [-0.2, 0) is 10.0 Å². The van der Waals surface area contributed by atoms with E-state index in [1.165, 1.54) is 11.4 Å². The lowest BCUT2D eigenvalue weighted by Crippen LogP contribution is -2.48. The number of hydrogen-bond donors (Lipinski definition) is 2. The molecular weight excluding hydrogens is 350 g/mol. The highest BCUT2D eigenvalue weighted by Crippen LogP contribution is 2.22. The van der Waals surface area contributed by atoms with Crippen LogP contribution in [0.2, 0.25) is 0 Å². The van der Waals surface area contributed by atoms with Crippen LogP contribution in [0, 0.1) is 6.92 Å². The highest BCUT2D eigenvalue weighted by atomic mass is 32.2. The van der Waals surface area contributed by atoms with E-state index in [2.05, 4.69) is 5.32 Å². The van der Waals surface area contributed by atoms with E-state index in [0.29, 0.717) is 17.8 Å². The summed E-state index contributed by atoms with van der Waals surface area (Å²) in [5.74, 6) is -0.254. The first-order valence-electron chi connectivity index (χ1n) is 8.25. The zero-order valence-corrected chi connectivity index (χ0v) is 16.3. The number of hydrogen-bond acceptors (Lipinski definition) is 4. The van der Waals surface area contributed by atoms with E-state index >= 15 is 0 Å². The highest BCUT2D eigenvalue weighted by molar-refractivity contribution is 7.92. The molecule has 0 aliphatic rings. The summed E-state index contributed by atoms with van der Waals surface area (Å²) < 4.78 is 26.6. The average Bonchev–Trinajstić information content (AvgIpc) is 2.61. The minimum Gasteiger partial charge on any atom is -0.346 e. The fraction of sp³-hybridized carbons (Fsp3) is 0.316. The number of rotatable bonds is 6. The van der Waals surface area contributed by atoms with Crippen LogP contribution in [0.15, 0.2) is 53.4 Å². The summed E-state index contributed by atoms with van der Waals surface area (Å²) in [7, 11) is -2.17. The summed E-state index contributed by atoms with van der Waals surface area (Å²) in [4.78, 5) is 12.5. The molecule has 1 amide bonds. The Morgan fingerprint density at radius 2 is 1.62 bits per heavy atom. The van der Waals surface area contributed by atoms with E-state index in [0.717, 1.165) is 5.56 Å². The van der Waals surface area contributed by atoms with Crippen LogP contribution in [0.5, 0.6) is 0 Å². The fourth-order valence-electron chi connectivity index (χ4n) is 2.26. The van der Waals surface area contributed by atoms with Crippen molar-refractivity contribution >= 4 is 21.6 Å². The van der Waals surface area contributed by atoms with Crippen LogP contribution in [0.3, 0.4) is 0 Å². The maximum atomic E-state index is 12.7. The monoisotopic (exact) mass is 375 g/mol. The molecule has 6 nitrogen and oxygen atoms in total. The number of aryl methyl sites for hydroxylation is 1. The lowest BCUT2D eigenvalue weighted by Gasteiger charge is -2.24. The van der Waals surface area contributed by atoms with Crippen molar-refractivity contribution in [2.75, 3.05) is 17.9 Å². The Kier molecular flexibility index (Phi) is 5.73. The van der Waals surface area contributed by atoms with Crippen LogP contribution in [0.4, 0.5) is 5.69 Å². The minimum atomic E-state index is -3.66. The second-order valence-corrected chi connectivity index (χ2v) is 8.84. The zero-order valence-electron chi connectivity index (χ0n) is 15.5. The Balaban J connectivity index is 2.22. The number of carbonyl (C=O) groups excluding carboxylic acids is 1. The average molecular weight is 375 g/mol. The van der Waals surface area contributed by atoms with E-state index in [1.54, 1.807) is 48.5 Å². The molecule has 0 aliphatic carbocycles. The number of nitrogens with zero attached hydrogens (tertiary/aromatic N) is 1. The van der Waals surface area contributed by atoms with Gasteiger partial charge in [-0.1, -0.05) is 17.7 Å². The third kappa shape index (κ3) is 4.42. The fourth-order valence-corrected chi connectivity index (χ4v) is 3.46. The van der Waals surface area contributed by atoms with E-state index in [9.17, 15) is 13.2 Å². The van der Waals surface area contributed by atoms with E-state index in [4.69, 9.17) is 5.73 Å². The van der Waals surface area contributed by atoms with Gasteiger partial charge in [0.25, 0.3) is 15.9 Å². The van der Waals surface area contributed by atoms with Gasteiger partial charge in [0.05, 0.1) is 10.6 Å². The molecule has 0 saturated heterocycles. The largest absolute Gasteiger partial charge is 0.346 e. The second kappa shape index (κ2) is 7.47. The molecule has 0 aromatic heterocycles. The summed E-state index contributed by atoms with van der Waals surface area (Å²) in [6.45, 7) is 5.88. The Morgan fingerprint density at radius 3 is 2.12 bits per heavy atom. The van der Waals surface area contributed by atoms with Crippen molar-refractivity contribution in [2.45, 2.75) is 31.2 Å². The number of nitrogens with one attached hydrogen (secondary N) is 1. The van der Waals surface area contributed by atoms with Gasteiger partial charge in [-0.05, 0) is 57.2 Å². The topological polar surface area (TPSA) is 92.5 Å². The molecule has 0 spiro atoms. The summed E-state index contributed by atoms with van der Waals surface area (Å²) in [5.41, 5.74) is 7.01. The smallest absolute Gasteiger partial charge is 0.264 e. The first-order valence-corrected chi connectivity index (χ1v) is 9.69. The number of nitrogens with two attached hydrogens (primary N) is 1. The number of anilines is 1. The molecule has 7 heteroatoms. The third-order valence-corrected chi connectivity index (χ3v) is 5.93. The molecule has 0 bridgehead atoms. The van der Waals surface area contributed by atoms with Gasteiger partial charge in [0.1, 0.15) is 0 Å².